The van der Waals surface area contributed by atoms with Gasteiger partial charge in [0.1, 0.15) is 0 Å². The van der Waals surface area contributed by atoms with Crippen molar-refractivity contribution in [3.8, 4) is 0 Å². The summed E-state index contributed by atoms with van der Waals surface area (Å²) >= 11 is 0. The van der Waals surface area contributed by atoms with E-state index in [9.17, 15) is 4.79 Å². The topological polar surface area (TPSA) is 55.1 Å². The predicted molar refractivity (Wildman–Crippen MR) is 78.7 cm³/mol. The molecule has 2 fully saturated rings. The largest absolute Gasteiger partial charge is 0.353 e. The van der Waals surface area contributed by atoms with Crippen molar-refractivity contribution in [1.82, 2.24) is 5.32 Å². The highest BCUT2D eigenvalue weighted by Crippen LogP contribution is 2.28. The fraction of sp³-hybridized carbons (Fsp3) is 0.938. The molecule has 3 N–H and O–H groups in total. The van der Waals surface area contributed by atoms with Crippen LogP contribution in [0, 0.1) is 11.8 Å². The van der Waals surface area contributed by atoms with Gasteiger partial charge in [-0.05, 0) is 50.9 Å². The highest BCUT2D eigenvalue weighted by molar-refractivity contribution is 5.76. The molecule has 0 bridgehead atoms. The van der Waals surface area contributed by atoms with E-state index < -0.39 is 0 Å². The Bertz CT molecular complexity index is 286. The van der Waals surface area contributed by atoms with Gasteiger partial charge in [0.2, 0.25) is 5.91 Å². The lowest BCUT2D eigenvalue weighted by Gasteiger charge is -2.30. The molecule has 3 atom stereocenters. The quantitative estimate of drug-likeness (QED) is 0.822. The minimum atomic E-state index is 0.247. The second-order valence-electron chi connectivity index (χ2n) is 6.75. The number of carbonyl (C=O) groups excluding carboxylic acids is 1. The Labute approximate surface area is 117 Å². The normalized spacial score (nSPS) is 30.8. The van der Waals surface area contributed by atoms with Crippen LogP contribution in [0.15, 0.2) is 0 Å². The molecule has 2 rings (SSSR count). The van der Waals surface area contributed by atoms with Gasteiger partial charge in [-0.15, -0.1) is 0 Å². The maximum atomic E-state index is 12.1. The van der Waals surface area contributed by atoms with Crippen LogP contribution in [0.1, 0.15) is 71.1 Å². The van der Waals surface area contributed by atoms with E-state index in [4.69, 9.17) is 5.73 Å². The maximum Gasteiger partial charge on any atom is 0.220 e. The molecule has 0 radical (unpaired) electrons. The molecule has 3 heteroatoms. The number of hydrogen-bond donors (Lipinski definition) is 2. The predicted octanol–water partition coefficient (Wildman–Crippen LogP) is 2.98. The van der Waals surface area contributed by atoms with E-state index in [0.717, 1.165) is 12.8 Å². The first kappa shape index (κ1) is 14.8. The number of amides is 1. The lowest BCUT2D eigenvalue weighted by molar-refractivity contribution is -0.123. The summed E-state index contributed by atoms with van der Waals surface area (Å²) in [5, 5.41) is 3.23. The van der Waals surface area contributed by atoms with Gasteiger partial charge in [0.05, 0.1) is 0 Å². The second-order valence-corrected chi connectivity index (χ2v) is 6.75. The van der Waals surface area contributed by atoms with E-state index in [0.29, 0.717) is 30.3 Å². The van der Waals surface area contributed by atoms with Crippen LogP contribution >= 0.6 is 0 Å². The van der Waals surface area contributed by atoms with Crippen molar-refractivity contribution in [2.75, 3.05) is 0 Å². The molecule has 3 unspecified atom stereocenters. The van der Waals surface area contributed by atoms with E-state index in [-0.39, 0.29) is 5.91 Å². The first-order chi connectivity index (χ1) is 9.15. The number of rotatable bonds is 4. The first-order valence-corrected chi connectivity index (χ1v) is 8.20. The van der Waals surface area contributed by atoms with Crippen LogP contribution in [0.4, 0.5) is 0 Å². The van der Waals surface area contributed by atoms with Crippen molar-refractivity contribution in [1.29, 1.82) is 0 Å². The molecule has 0 aromatic carbocycles. The Morgan fingerprint density at radius 1 is 1.16 bits per heavy atom. The fourth-order valence-corrected chi connectivity index (χ4v) is 3.85. The van der Waals surface area contributed by atoms with Crippen LogP contribution in [0.25, 0.3) is 0 Å². The number of hydrogen-bond acceptors (Lipinski definition) is 2. The minimum Gasteiger partial charge on any atom is -0.353 e. The molecule has 0 saturated heterocycles. The fourth-order valence-electron chi connectivity index (χ4n) is 3.85. The average Bonchev–Trinajstić information content (AvgIpc) is 2.39. The van der Waals surface area contributed by atoms with Gasteiger partial charge in [-0.25, -0.2) is 0 Å². The van der Waals surface area contributed by atoms with E-state index in [1.165, 1.54) is 44.9 Å². The third kappa shape index (κ3) is 4.79. The monoisotopic (exact) mass is 266 g/mol. The summed E-state index contributed by atoms with van der Waals surface area (Å²) in [6.07, 6.45) is 11.8. The minimum absolute atomic E-state index is 0.247. The van der Waals surface area contributed by atoms with Gasteiger partial charge < -0.3 is 11.1 Å². The molecule has 2 aliphatic carbocycles. The summed E-state index contributed by atoms with van der Waals surface area (Å²) in [7, 11) is 0. The highest BCUT2D eigenvalue weighted by atomic mass is 16.1. The van der Waals surface area contributed by atoms with Gasteiger partial charge in [-0.1, -0.05) is 25.7 Å². The summed E-state index contributed by atoms with van der Waals surface area (Å²) in [6, 6.07) is 0.674. The van der Waals surface area contributed by atoms with Gasteiger partial charge in [0.25, 0.3) is 0 Å². The Hall–Kier alpha value is -0.570. The van der Waals surface area contributed by atoms with E-state index in [1.807, 2.05) is 0 Å². The van der Waals surface area contributed by atoms with Crippen molar-refractivity contribution >= 4 is 5.91 Å². The Morgan fingerprint density at radius 3 is 2.58 bits per heavy atom. The summed E-state index contributed by atoms with van der Waals surface area (Å²) in [5.74, 6) is 1.46. The maximum absolute atomic E-state index is 12.1. The van der Waals surface area contributed by atoms with Gasteiger partial charge in [-0.3, -0.25) is 4.79 Å². The lowest BCUT2D eigenvalue weighted by atomic mass is 9.83. The number of carbonyl (C=O) groups is 1. The average molecular weight is 266 g/mol. The zero-order valence-corrected chi connectivity index (χ0v) is 12.4. The second kappa shape index (κ2) is 7.28. The standard InChI is InChI=1S/C16H30N2O/c1-12(14-7-3-2-4-8-14)18-16(19)11-13-6-5-9-15(17)10-13/h12-15H,2-11,17H2,1H3,(H,18,19). The summed E-state index contributed by atoms with van der Waals surface area (Å²) < 4.78 is 0. The van der Waals surface area contributed by atoms with Crippen LogP contribution in [-0.2, 0) is 4.79 Å². The van der Waals surface area contributed by atoms with Crippen LogP contribution in [0.3, 0.4) is 0 Å². The van der Waals surface area contributed by atoms with Gasteiger partial charge in [0, 0.05) is 18.5 Å². The number of nitrogens with one attached hydrogen (secondary N) is 1. The van der Waals surface area contributed by atoms with E-state index in [2.05, 4.69) is 12.2 Å². The van der Waals surface area contributed by atoms with Gasteiger partial charge in [-0.2, -0.15) is 0 Å². The van der Waals surface area contributed by atoms with Crippen LogP contribution < -0.4 is 11.1 Å². The van der Waals surface area contributed by atoms with Gasteiger partial charge in [0.15, 0.2) is 0 Å². The molecule has 0 aromatic rings. The summed E-state index contributed by atoms with van der Waals surface area (Å²) in [5.41, 5.74) is 5.99. The lowest BCUT2D eigenvalue weighted by Crippen LogP contribution is -2.40. The molecule has 0 aliphatic heterocycles. The van der Waals surface area contributed by atoms with Crippen LogP contribution in [-0.4, -0.2) is 18.0 Å². The van der Waals surface area contributed by atoms with Crippen LogP contribution in [0.5, 0.6) is 0 Å². The zero-order valence-electron chi connectivity index (χ0n) is 12.4. The third-order valence-corrected chi connectivity index (χ3v) is 5.04. The zero-order chi connectivity index (χ0) is 13.7. The van der Waals surface area contributed by atoms with Crippen molar-refractivity contribution in [3.63, 3.8) is 0 Å². The van der Waals surface area contributed by atoms with Crippen molar-refractivity contribution < 1.29 is 4.79 Å². The molecule has 19 heavy (non-hydrogen) atoms. The summed E-state index contributed by atoms with van der Waals surface area (Å²) in [4.78, 5) is 12.1. The molecule has 3 nitrogen and oxygen atoms in total. The molecule has 1 amide bonds. The Balaban J connectivity index is 1.70. The molecular weight excluding hydrogens is 236 g/mol. The molecule has 2 saturated carbocycles. The molecule has 0 spiro atoms. The summed E-state index contributed by atoms with van der Waals surface area (Å²) in [6.45, 7) is 2.18. The molecule has 0 heterocycles. The Morgan fingerprint density at radius 2 is 1.89 bits per heavy atom. The van der Waals surface area contributed by atoms with Gasteiger partial charge >= 0.3 is 0 Å². The van der Waals surface area contributed by atoms with Crippen molar-refractivity contribution in [2.45, 2.75) is 83.2 Å². The Kier molecular flexibility index (Phi) is 5.68. The third-order valence-electron chi connectivity index (χ3n) is 5.04. The molecule has 2 aliphatic rings. The SMILES string of the molecule is CC(NC(=O)CC1CCCC(N)C1)C1CCCCC1. The smallest absolute Gasteiger partial charge is 0.220 e. The van der Waals surface area contributed by atoms with Crippen molar-refractivity contribution in [2.24, 2.45) is 17.6 Å². The molecular formula is C16H30N2O. The number of nitrogens with two attached hydrogens (primary N) is 1. The van der Waals surface area contributed by atoms with E-state index in [1.54, 1.807) is 0 Å². The van der Waals surface area contributed by atoms with Crippen LogP contribution in [0.2, 0.25) is 0 Å². The molecule has 110 valence electrons. The van der Waals surface area contributed by atoms with Crippen molar-refractivity contribution in [3.05, 3.63) is 0 Å². The van der Waals surface area contributed by atoms with E-state index >= 15 is 0 Å². The molecule has 0 aromatic heterocycles. The first-order valence-electron chi connectivity index (χ1n) is 8.20. The highest BCUT2D eigenvalue weighted by Gasteiger charge is 2.24.